The third kappa shape index (κ3) is 6.32. The van der Waals surface area contributed by atoms with E-state index in [1.807, 2.05) is 55.4 Å². The zero-order valence-corrected chi connectivity index (χ0v) is 17.7. The van der Waals surface area contributed by atoms with Crippen molar-refractivity contribution in [1.29, 1.82) is 0 Å². The summed E-state index contributed by atoms with van der Waals surface area (Å²) in [7, 11) is 3.89. The largest absolute Gasteiger partial charge is 0.465 e. The summed E-state index contributed by atoms with van der Waals surface area (Å²) in [6, 6.07) is 12.0. The van der Waals surface area contributed by atoms with E-state index in [9.17, 15) is 9.90 Å². The first-order valence-corrected chi connectivity index (χ1v) is 10.4. The molecule has 8 heteroatoms. The number of rotatable bonds is 9. The van der Waals surface area contributed by atoms with Crippen LogP contribution in [0.25, 0.3) is 0 Å². The van der Waals surface area contributed by atoms with E-state index < -0.39 is 6.09 Å². The Morgan fingerprint density at radius 2 is 1.90 bits per heavy atom. The molecular weight excluding hydrogens is 382 g/mol. The van der Waals surface area contributed by atoms with Gasteiger partial charge in [0.1, 0.15) is 5.82 Å². The smallest absolute Gasteiger partial charge is 0.407 e. The van der Waals surface area contributed by atoms with Gasteiger partial charge in [-0.3, -0.25) is 0 Å². The fourth-order valence-corrected chi connectivity index (χ4v) is 3.74. The van der Waals surface area contributed by atoms with Crippen LogP contribution in [-0.2, 0) is 11.3 Å². The first-order chi connectivity index (χ1) is 14.5. The van der Waals surface area contributed by atoms with Crippen LogP contribution in [-0.4, -0.2) is 65.4 Å². The molecule has 1 heterocycles. The maximum Gasteiger partial charge on any atom is 0.407 e. The molecule has 3 rings (SSSR count). The second kappa shape index (κ2) is 10.8. The molecule has 1 aliphatic rings. The summed E-state index contributed by atoms with van der Waals surface area (Å²) in [6.07, 6.45) is 4.27. The maximum atomic E-state index is 11.8. The Morgan fingerprint density at radius 1 is 1.17 bits per heavy atom. The van der Waals surface area contributed by atoms with E-state index in [4.69, 9.17) is 4.74 Å². The molecule has 0 bridgehead atoms. The normalized spacial score (nSPS) is 18.6. The van der Waals surface area contributed by atoms with Gasteiger partial charge in [-0.05, 0) is 37.3 Å². The zero-order chi connectivity index (χ0) is 21.3. The lowest BCUT2D eigenvalue weighted by Gasteiger charge is -2.35. The zero-order valence-electron chi connectivity index (χ0n) is 17.7. The molecule has 0 aliphatic heterocycles. The van der Waals surface area contributed by atoms with Crippen molar-refractivity contribution in [3.8, 4) is 0 Å². The number of carboxylic acid groups (broad SMARTS) is 1. The molecule has 30 heavy (non-hydrogen) atoms. The Labute approximate surface area is 177 Å². The van der Waals surface area contributed by atoms with Crippen LogP contribution in [0.3, 0.4) is 0 Å². The average molecular weight is 414 g/mol. The third-order valence-corrected chi connectivity index (χ3v) is 5.40. The van der Waals surface area contributed by atoms with Crippen LogP contribution >= 0.6 is 0 Å². The van der Waals surface area contributed by atoms with Crippen LogP contribution in [0.5, 0.6) is 0 Å². The summed E-state index contributed by atoms with van der Waals surface area (Å²) in [6.45, 7) is 1.28. The number of amides is 1. The molecule has 1 fully saturated rings. The second-order valence-electron chi connectivity index (χ2n) is 7.80. The number of aromatic nitrogens is 2. The number of hydrogen-bond acceptors (Lipinski definition) is 6. The van der Waals surface area contributed by atoms with Crippen LogP contribution in [0.2, 0.25) is 0 Å². The Kier molecular flexibility index (Phi) is 7.84. The Morgan fingerprint density at radius 3 is 2.57 bits per heavy atom. The molecule has 2 N–H and O–H groups in total. The van der Waals surface area contributed by atoms with Gasteiger partial charge < -0.3 is 25.0 Å². The van der Waals surface area contributed by atoms with Gasteiger partial charge in [0.2, 0.25) is 5.95 Å². The van der Waals surface area contributed by atoms with Gasteiger partial charge in [0.05, 0.1) is 13.2 Å². The summed E-state index contributed by atoms with van der Waals surface area (Å²) in [4.78, 5) is 24.0. The third-order valence-electron chi connectivity index (χ3n) is 5.40. The minimum absolute atomic E-state index is 0.0231. The van der Waals surface area contributed by atoms with Gasteiger partial charge >= 0.3 is 6.09 Å². The molecule has 0 spiro atoms. The topological polar surface area (TPSA) is 90.8 Å². The van der Waals surface area contributed by atoms with E-state index in [1.165, 1.54) is 4.90 Å². The Balaban J connectivity index is 1.44. The first-order valence-electron chi connectivity index (χ1n) is 10.4. The van der Waals surface area contributed by atoms with E-state index in [-0.39, 0.29) is 12.1 Å². The van der Waals surface area contributed by atoms with Crippen LogP contribution in [0, 0.1) is 0 Å². The van der Waals surface area contributed by atoms with Crippen molar-refractivity contribution in [3.05, 3.63) is 48.2 Å². The Bertz CT molecular complexity index is 794. The van der Waals surface area contributed by atoms with E-state index in [0.717, 1.165) is 37.1 Å². The van der Waals surface area contributed by atoms with E-state index >= 15 is 0 Å². The number of carbonyl (C=O) groups is 1. The van der Waals surface area contributed by atoms with Crippen LogP contribution in [0.4, 0.5) is 16.6 Å². The van der Waals surface area contributed by atoms with Crippen molar-refractivity contribution < 1.29 is 14.6 Å². The highest BCUT2D eigenvalue weighted by atomic mass is 16.5. The Hall–Kier alpha value is -2.87. The first kappa shape index (κ1) is 21.8. The molecule has 8 nitrogen and oxygen atoms in total. The SMILES string of the molecule is CN(C)c1ccnc(NC2CCC(N(CCOCc3ccccc3)C(=O)O)CC2)n1. The summed E-state index contributed by atoms with van der Waals surface area (Å²) in [5.41, 5.74) is 1.09. The minimum atomic E-state index is -0.878. The van der Waals surface area contributed by atoms with Gasteiger partial charge in [-0.15, -0.1) is 0 Å². The number of nitrogens with zero attached hydrogens (tertiary/aromatic N) is 4. The second-order valence-corrected chi connectivity index (χ2v) is 7.80. The average Bonchev–Trinajstić information content (AvgIpc) is 2.75. The number of nitrogens with one attached hydrogen (secondary N) is 1. The van der Waals surface area contributed by atoms with Crippen LogP contribution in [0.1, 0.15) is 31.2 Å². The highest BCUT2D eigenvalue weighted by molar-refractivity contribution is 5.65. The van der Waals surface area contributed by atoms with E-state index in [2.05, 4.69) is 15.3 Å². The molecule has 1 saturated carbocycles. The van der Waals surface area contributed by atoms with Crippen molar-refractivity contribution in [3.63, 3.8) is 0 Å². The van der Waals surface area contributed by atoms with Gasteiger partial charge in [-0.1, -0.05) is 30.3 Å². The van der Waals surface area contributed by atoms with Gasteiger partial charge in [-0.2, -0.15) is 4.98 Å². The summed E-state index contributed by atoms with van der Waals surface area (Å²) in [5, 5.41) is 13.1. The number of hydrogen-bond donors (Lipinski definition) is 2. The van der Waals surface area contributed by atoms with Gasteiger partial charge in [-0.25, -0.2) is 9.78 Å². The predicted molar refractivity (Wildman–Crippen MR) is 117 cm³/mol. The number of ether oxygens (including phenoxy) is 1. The molecule has 1 aromatic carbocycles. The fourth-order valence-electron chi connectivity index (χ4n) is 3.74. The molecule has 0 radical (unpaired) electrons. The van der Waals surface area contributed by atoms with Crippen LogP contribution < -0.4 is 10.2 Å². The van der Waals surface area contributed by atoms with Gasteiger partial charge in [0.25, 0.3) is 0 Å². The van der Waals surface area contributed by atoms with Crippen molar-refractivity contribution in [1.82, 2.24) is 14.9 Å². The maximum absolute atomic E-state index is 11.8. The molecule has 0 unspecified atom stereocenters. The lowest BCUT2D eigenvalue weighted by Crippen LogP contribution is -2.45. The van der Waals surface area contributed by atoms with Crippen molar-refractivity contribution in [2.24, 2.45) is 0 Å². The number of benzene rings is 1. The molecule has 1 amide bonds. The van der Waals surface area contributed by atoms with E-state index in [0.29, 0.717) is 25.7 Å². The quantitative estimate of drug-likeness (QED) is 0.608. The summed E-state index contributed by atoms with van der Waals surface area (Å²) < 4.78 is 5.68. The molecule has 1 aromatic heterocycles. The highest BCUT2D eigenvalue weighted by Crippen LogP contribution is 2.25. The molecule has 0 atom stereocenters. The molecule has 162 valence electrons. The lowest BCUT2D eigenvalue weighted by atomic mass is 9.90. The summed E-state index contributed by atoms with van der Waals surface area (Å²) in [5.74, 6) is 1.47. The number of anilines is 2. The van der Waals surface area contributed by atoms with E-state index in [1.54, 1.807) is 6.20 Å². The van der Waals surface area contributed by atoms with Crippen molar-refractivity contribution in [2.45, 2.75) is 44.4 Å². The fraction of sp³-hybridized carbons (Fsp3) is 0.500. The van der Waals surface area contributed by atoms with Gasteiger partial charge in [0.15, 0.2) is 0 Å². The molecule has 0 saturated heterocycles. The minimum Gasteiger partial charge on any atom is -0.465 e. The predicted octanol–water partition coefficient (Wildman–Crippen LogP) is 3.46. The highest BCUT2D eigenvalue weighted by Gasteiger charge is 2.28. The van der Waals surface area contributed by atoms with Gasteiger partial charge in [0, 0.05) is 38.9 Å². The molecule has 2 aromatic rings. The standard InChI is InChI=1S/C22H31N5O3/c1-26(2)20-12-13-23-21(25-20)24-18-8-10-19(11-9-18)27(22(28)29)14-15-30-16-17-6-4-3-5-7-17/h3-7,12-13,18-19H,8-11,14-16H2,1-2H3,(H,28,29)(H,23,24,25). The molecular formula is C22H31N5O3. The van der Waals surface area contributed by atoms with Crippen molar-refractivity contribution >= 4 is 17.9 Å². The summed E-state index contributed by atoms with van der Waals surface area (Å²) >= 11 is 0. The monoisotopic (exact) mass is 413 g/mol. The van der Waals surface area contributed by atoms with Crippen molar-refractivity contribution in [2.75, 3.05) is 37.5 Å². The lowest BCUT2D eigenvalue weighted by molar-refractivity contribution is 0.0636. The molecule has 1 aliphatic carbocycles. The van der Waals surface area contributed by atoms with Crippen LogP contribution in [0.15, 0.2) is 42.6 Å².